The van der Waals surface area contributed by atoms with Gasteiger partial charge in [-0.3, -0.25) is 4.79 Å². The van der Waals surface area contributed by atoms with Crippen molar-refractivity contribution in [3.8, 4) is 0 Å². The van der Waals surface area contributed by atoms with Gasteiger partial charge in [-0.2, -0.15) is 0 Å². The van der Waals surface area contributed by atoms with Gasteiger partial charge in [-0.15, -0.1) is 11.3 Å². The molecular formula is C13H15BrLiNO4S2. The van der Waals surface area contributed by atoms with Gasteiger partial charge in [0.15, 0.2) is 14.6 Å². The third-order valence-corrected chi connectivity index (χ3v) is 7.07. The van der Waals surface area contributed by atoms with Crippen molar-refractivity contribution < 1.29 is 18.3 Å². The molecule has 1 heterocycles. The number of nitrogens with zero attached hydrogens (tertiary/aromatic N) is 1. The minimum absolute atomic E-state index is 0. The predicted molar refractivity (Wildman–Crippen MR) is 93.7 cm³/mol. The Balaban J connectivity index is 0.00000242. The molecule has 2 aromatic rings. The number of carbonyl (C=O) groups is 1. The van der Waals surface area contributed by atoms with Crippen molar-refractivity contribution in [2.24, 2.45) is 0 Å². The molecule has 0 radical (unpaired) electrons. The van der Waals surface area contributed by atoms with Crippen molar-refractivity contribution in [3.05, 3.63) is 27.7 Å². The van der Waals surface area contributed by atoms with E-state index < -0.39 is 20.6 Å². The average molecular weight is 400 g/mol. The topological polar surface area (TPSA) is 84.3 Å². The Morgan fingerprint density at radius 1 is 1.45 bits per heavy atom. The Labute approximate surface area is 153 Å². The van der Waals surface area contributed by atoms with Crippen molar-refractivity contribution in [3.63, 3.8) is 0 Å². The number of rotatable bonds is 5. The number of aliphatic carboxylic acids is 1. The van der Waals surface area contributed by atoms with Gasteiger partial charge in [0.25, 0.3) is 0 Å². The van der Waals surface area contributed by atoms with Crippen molar-refractivity contribution in [1.82, 2.24) is 4.98 Å². The summed E-state index contributed by atoms with van der Waals surface area (Å²) in [6.45, 7) is 1.24. The van der Waals surface area contributed by atoms with E-state index in [1.165, 1.54) is 18.3 Å². The van der Waals surface area contributed by atoms with Gasteiger partial charge in [-0.25, -0.2) is 13.4 Å². The zero-order chi connectivity index (χ0) is 15.8. The number of hydrogen-bond acceptors (Lipinski definition) is 5. The van der Waals surface area contributed by atoms with Crippen LogP contribution in [0.4, 0.5) is 0 Å². The van der Waals surface area contributed by atoms with Crippen LogP contribution in [0, 0.1) is 0 Å². The van der Waals surface area contributed by atoms with E-state index >= 15 is 0 Å². The van der Waals surface area contributed by atoms with E-state index in [1.54, 1.807) is 0 Å². The van der Waals surface area contributed by atoms with Crippen molar-refractivity contribution in [2.45, 2.75) is 24.5 Å². The first-order valence-electron chi connectivity index (χ1n) is 6.11. The van der Waals surface area contributed by atoms with Crippen molar-refractivity contribution in [1.29, 1.82) is 0 Å². The number of aromatic nitrogens is 1. The van der Waals surface area contributed by atoms with Crippen LogP contribution in [0.1, 0.15) is 18.4 Å². The van der Waals surface area contributed by atoms with Gasteiger partial charge >= 0.3 is 24.8 Å². The summed E-state index contributed by atoms with van der Waals surface area (Å²) in [6, 6.07) is 5.68. The molecule has 0 bridgehead atoms. The fourth-order valence-electron chi connectivity index (χ4n) is 1.85. The minimum atomic E-state index is -3.70. The summed E-state index contributed by atoms with van der Waals surface area (Å²) >= 11 is 4.83. The molecule has 0 saturated heterocycles. The first-order valence-corrected chi connectivity index (χ1v) is 9.61. The SMILES string of the molecule is C[C@@](CCc1nc2ccc(Br)cc2s1)(C(=O)O)S(C)(=O)=O.[LiH]. The van der Waals surface area contributed by atoms with Gasteiger partial charge in [-0.05, 0) is 31.5 Å². The second kappa shape index (κ2) is 7.01. The fraction of sp³-hybridized carbons (Fsp3) is 0.385. The van der Waals surface area contributed by atoms with Gasteiger partial charge in [-0.1, -0.05) is 15.9 Å². The number of hydrogen-bond donors (Lipinski definition) is 1. The van der Waals surface area contributed by atoms with Crippen molar-refractivity contribution in [2.75, 3.05) is 6.26 Å². The van der Waals surface area contributed by atoms with Crippen LogP contribution in [0.25, 0.3) is 10.2 Å². The van der Waals surface area contributed by atoms with Crippen LogP contribution in [0.5, 0.6) is 0 Å². The van der Waals surface area contributed by atoms with E-state index in [9.17, 15) is 18.3 Å². The van der Waals surface area contributed by atoms with Gasteiger partial charge in [0, 0.05) is 17.1 Å². The molecule has 0 aliphatic carbocycles. The molecule has 0 aliphatic heterocycles. The quantitative estimate of drug-likeness (QED) is 0.779. The number of aryl methyl sites for hydroxylation is 1. The summed E-state index contributed by atoms with van der Waals surface area (Å²) in [6.07, 6.45) is 1.27. The summed E-state index contributed by atoms with van der Waals surface area (Å²) in [7, 11) is -3.70. The Kier molecular flexibility index (Phi) is 6.27. The van der Waals surface area contributed by atoms with Gasteiger partial charge < -0.3 is 5.11 Å². The number of benzene rings is 1. The van der Waals surface area contributed by atoms with Crippen LogP contribution >= 0.6 is 27.3 Å². The fourth-order valence-corrected chi connectivity index (χ4v) is 4.16. The van der Waals surface area contributed by atoms with Crippen LogP contribution in [-0.2, 0) is 21.1 Å². The zero-order valence-corrected chi connectivity index (χ0v) is 14.7. The number of thiazole rings is 1. The van der Waals surface area contributed by atoms with E-state index in [2.05, 4.69) is 20.9 Å². The van der Waals surface area contributed by atoms with E-state index in [-0.39, 0.29) is 25.3 Å². The van der Waals surface area contributed by atoms with Crippen LogP contribution < -0.4 is 0 Å². The van der Waals surface area contributed by atoms with E-state index in [1.807, 2.05) is 18.2 Å². The van der Waals surface area contributed by atoms with Crippen molar-refractivity contribution >= 4 is 72.2 Å². The van der Waals surface area contributed by atoms with Gasteiger partial charge in [0.2, 0.25) is 0 Å². The van der Waals surface area contributed by atoms with E-state index in [0.717, 1.165) is 26.0 Å². The van der Waals surface area contributed by atoms with Crippen LogP contribution in [0.2, 0.25) is 0 Å². The summed E-state index contributed by atoms with van der Waals surface area (Å²) in [5.74, 6) is -1.33. The molecule has 0 aliphatic rings. The molecule has 2 rings (SSSR count). The third kappa shape index (κ3) is 3.92. The van der Waals surface area contributed by atoms with Crippen LogP contribution in [0.3, 0.4) is 0 Å². The predicted octanol–water partition coefficient (Wildman–Crippen LogP) is 2.23. The molecule has 1 aromatic carbocycles. The van der Waals surface area contributed by atoms with Gasteiger partial charge in [0.05, 0.1) is 15.2 Å². The second-order valence-electron chi connectivity index (χ2n) is 5.03. The number of sulfone groups is 1. The Morgan fingerprint density at radius 3 is 2.64 bits per heavy atom. The van der Waals surface area contributed by atoms with Crippen LogP contribution in [0.15, 0.2) is 22.7 Å². The van der Waals surface area contributed by atoms with E-state index in [4.69, 9.17) is 0 Å². The molecule has 22 heavy (non-hydrogen) atoms. The normalized spacial score (nSPS) is 14.3. The Hall–Kier alpha value is -0.393. The number of carboxylic acid groups (broad SMARTS) is 1. The monoisotopic (exact) mass is 399 g/mol. The first kappa shape index (κ1) is 19.7. The second-order valence-corrected chi connectivity index (χ2v) is 9.50. The molecule has 1 aromatic heterocycles. The first-order chi connectivity index (χ1) is 9.63. The molecule has 5 nitrogen and oxygen atoms in total. The standard InChI is InChI=1S/C13H14BrNO4S2.Li.H/c1-13(12(16)17,21(2,18)19)6-5-11-15-9-4-3-8(14)7-10(9)20-11;;/h3-4,7H,5-6H2,1-2H3,(H,16,17);;/t13-;;/m1../s1. The molecule has 116 valence electrons. The number of fused-ring (bicyclic) bond motifs is 1. The molecule has 0 unspecified atom stereocenters. The molecule has 9 heteroatoms. The van der Waals surface area contributed by atoms with Crippen LogP contribution in [-0.4, -0.2) is 54.3 Å². The zero-order valence-electron chi connectivity index (χ0n) is 11.5. The number of carboxylic acids is 1. The summed E-state index contributed by atoms with van der Waals surface area (Å²) < 4.78 is 23.6. The van der Waals surface area contributed by atoms with Gasteiger partial charge in [0.1, 0.15) is 0 Å². The summed E-state index contributed by atoms with van der Waals surface area (Å²) in [5, 5.41) is 9.96. The molecule has 0 saturated carbocycles. The third-order valence-electron chi connectivity index (χ3n) is 3.48. The average Bonchev–Trinajstić information content (AvgIpc) is 2.76. The molecule has 0 amide bonds. The molecular weight excluding hydrogens is 385 g/mol. The number of halogens is 1. The summed E-state index contributed by atoms with van der Waals surface area (Å²) in [5.41, 5.74) is 0.828. The van der Waals surface area contributed by atoms with E-state index in [0.29, 0.717) is 6.42 Å². The maximum atomic E-state index is 11.7. The molecule has 0 spiro atoms. The molecule has 1 atom stereocenters. The Morgan fingerprint density at radius 2 is 2.09 bits per heavy atom. The maximum absolute atomic E-state index is 11.7. The Bertz CT molecular complexity index is 805. The molecule has 0 fully saturated rings. The molecule has 1 N–H and O–H groups in total. The summed E-state index contributed by atoms with van der Waals surface area (Å²) in [4.78, 5) is 15.7.